The lowest BCUT2D eigenvalue weighted by molar-refractivity contribution is 0.229. The predicted octanol–water partition coefficient (Wildman–Crippen LogP) is 1.73. The van der Waals surface area contributed by atoms with E-state index in [-0.39, 0.29) is 0 Å². The molecule has 0 amide bonds. The van der Waals surface area contributed by atoms with Crippen LogP contribution in [0.15, 0.2) is 18.2 Å². The average molecular weight is 288 g/mol. The molecular formula is C17H28N4. The average Bonchev–Trinajstić information content (AvgIpc) is 2.53. The van der Waals surface area contributed by atoms with Crippen LogP contribution in [0.3, 0.4) is 0 Å². The van der Waals surface area contributed by atoms with Crippen molar-refractivity contribution >= 4 is 11.4 Å². The quantitative estimate of drug-likeness (QED) is 0.911. The molecule has 0 bridgehead atoms. The van der Waals surface area contributed by atoms with E-state index >= 15 is 0 Å². The summed E-state index contributed by atoms with van der Waals surface area (Å²) >= 11 is 0. The van der Waals surface area contributed by atoms with Gasteiger partial charge >= 0.3 is 0 Å². The summed E-state index contributed by atoms with van der Waals surface area (Å²) in [6, 6.07) is 6.78. The van der Waals surface area contributed by atoms with Crippen molar-refractivity contribution in [1.29, 1.82) is 0 Å². The number of fused-ring (bicyclic) bond motifs is 1. The number of benzene rings is 1. The van der Waals surface area contributed by atoms with E-state index in [4.69, 9.17) is 0 Å². The van der Waals surface area contributed by atoms with Crippen molar-refractivity contribution in [2.24, 2.45) is 0 Å². The van der Waals surface area contributed by atoms with Crippen LogP contribution in [0, 0.1) is 0 Å². The molecule has 3 rings (SSSR count). The lowest BCUT2D eigenvalue weighted by atomic mass is 10.0. The van der Waals surface area contributed by atoms with Crippen LogP contribution < -0.4 is 10.2 Å². The molecular weight excluding hydrogens is 260 g/mol. The number of nitrogens with one attached hydrogen (secondary N) is 1. The Morgan fingerprint density at radius 3 is 2.71 bits per heavy atom. The summed E-state index contributed by atoms with van der Waals surface area (Å²) in [5.41, 5.74) is 4.30. The first-order chi connectivity index (χ1) is 10.2. The number of hydrogen-bond acceptors (Lipinski definition) is 4. The number of hydrogen-bond donors (Lipinski definition) is 1. The molecule has 0 aromatic heterocycles. The fourth-order valence-corrected chi connectivity index (χ4v) is 3.31. The molecule has 0 atom stereocenters. The van der Waals surface area contributed by atoms with E-state index in [2.05, 4.69) is 52.3 Å². The number of likely N-dealkylation sites (N-methyl/N-ethyl adjacent to an activating group) is 1. The summed E-state index contributed by atoms with van der Waals surface area (Å²) < 4.78 is 0. The maximum atomic E-state index is 3.62. The van der Waals surface area contributed by atoms with Gasteiger partial charge in [0.1, 0.15) is 0 Å². The van der Waals surface area contributed by atoms with E-state index in [0.717, 1.165) is 26.2 Å². The molecule has 0 aliphatic carbocycles. The number of rotatable bonds is 4. The van der Waals surface area contributed by atoms with E-state index in [0.29, 0.717) is 0 Å². The summed E-state index contributed by atoms with van der Waals surface area (Å²) in [6.45, 7) is 8.10. The summed E-state index contributed by atoms with van der Waals surface area (Å²) in [5, 5.41) is 3.62. The second-order valence-corrected chi connectivity index (χ2v) is 6.47. The topological polar surface area (TPSA) is 21.8 Å². The van der Waals surface area contributed by atoms with Crippen molar-refractivity contribution < 1.29 is 0 Å². The first-order valence-corrected chi connectivity index (χ1v) is 8.22. The smallest absolute Gasteiger partial charge is 0.0610 e. The summed E-state index contributed by atoms with van der Waals surface area (Å²) in [5.74, 6) is 0. The van der Waals surface area contributed by atoms with Crippen LogP contribution in [-0.4, -0.2) is 69.7 Å². The maximum Gasteiger partial charge on any atom is 0.0610 e. The van der Waals surface area contributed by atoms with Gasteiger partial charge in [0.05, 0.1) is 11.4 Å². The number of aryl methyl sites for hydroxylation is 1. The van der Waals surface area contributed by atoms with E-state index < -0.39 is 0 Å². The zero-order valence-corrected chi connectivity index (χ0v) is 13.4. The lowest BCUT2D eigenvalue weighted by Gasteiger charge is -2.38. The molecule has 2 heterocycles. The molecule has 2 aliphatic rings. The Bertz CT molecular complexity index is 464. The molecule has 1 saturated heterocycles. The zero-order valence-electron chi connectivity index (χ0n) is 13.4. The highest BCUT2D eigenvalue weighted by atomic mass is 15.3. The van der Waals surface area contributed by atoms with Crippen LogP contribution >= 0.6 is 0 Å². The van der Waals surface area contributed by atoms with Gasteiger partial charge in [-0.3, -0.25) is 4.90 Å². The highest BCUT2D eigenvalue weighted by Gasteiger charge is 2.21. The third-order valence-corrected chi connectivity index (χ3v) is 4.63. The molecule has 2 aliphatic heterocycles. The molecule has 1 fully saturated rings. The van der Waals surface area contributed by atoms with Gasteiger partial charge in [-0.15, -0.1) is 0 Å². The largest absolute Gasteiger partial charge is 0.383 e. The Morgan fingerprint density at radius 1 is 1.14 bits per heavy atom. The van der Waals surface area contributed by atoms with E-state index in [1.54, 1.807) is 0 Å². The third-order valence-electron chi connectivity index (χ3n) is 4.63. The van der Waals surface area contributed by atoms with E-state index in [1.807, 2.05) is 0 Å². The van der Waals surface area contributed by atoms with Crippen molar-refractivity contribution in [3.8, 4) is 0 Å². The van der Waals surface area contributed by atoms with Crippen molar-refractivity contribution in [3.05, 3.63) is 23.8 Å². The van der Waals surface area contributed by atoms with Gasteiger partial charge in [-0.25, -0.2) is 0 Å². The molecule has 1 N–H and O–H groups in total. The minimum atomic E-state index is 1.12. The maximum absolute atomic E-state index is 3.62. The Labute approximate surface area is 128 Å². The molecule has 21 heavy (non-hydrogen) atoms. The zero-order chi connectivity index (χ0) is 14.7. The van der Waals surface area contributed by atoms with Crippen LogP contribution in [0.2, 0.25) is 0 Å². The third kappa shape index (κ3) is 3.50. The molecule has 0 spiro atoms. The summed E-state index contributed by atoms with van der Waals surface area (Å²) in [4.78, 5) is 7.41. The van der Waals surface area contributed by atoms with Crippen LogP contribution in [0.1, 0.15) is 12.0 Å². The van der Waals surface area contributed by atoms with Gasteiger partial charge in [-0.05, 0) is 38.6 Å². The summed E-state index contributed by atoms with van der Waals surface area (Å²) in [6.07, 6.45) is 2.48. The molecule has 1 aromatic carbocycles. The highest BCUT2D eigenvalue weighted by molar-refractivity contribution is 5.74. The fraction of sp³-hybridized carbons (Fsp3) is 0.647. The monoisotopic (exact) mass is 288 g/mol. The number of anilines is 2. The second kappa shape index (κ2) is 6.67. The summed E-state index contributed by atoms with van der Waals surface area (Å²) in [7, 11) is 4.30. The molecule has 0 saturated carbocycles. The Balaban J connectivity index is 1.62. The van der Waals surface area contributed by atoms with Crippen molar-refractivity contribution in [2.75, 3.05) is 70.1 Å². The normalized spacial score (nSPS) is 19.5. The van der Waals surface area contributed by atoms with Crippen LogP contribution in [0.4, 0.5) is 11.4 Å². The number of nitrogens with zero attached hydrogens (tertiary/aromatic N) is 3. The second-order valence-electron chi connectivity index (χ2n) is 6.47. The number of para-hydroxylation sites is 1. The molecule has 1 aromatic rings. The van der Waals surface area contributed by atoms with Gasteiger partial charge in [-0.1, -0.05) is 12.1 Å². The molecule has 4 heteroatoms. The SMILES string of the molecule is CN(C)CCN1CCN(c2cccc3c2NCCC3)CC1. The first kappa shape index (κ1) is 14.7. The fourth-order valence-electron chi connectivity index (χ4n) is 3.31. The van der Waals surface area contributed by atoms with Crippen LogP contribution in [0.5, 0.6) is 0 Å². The standard InChI is InChI=1S/C17H28N4/c1-19(2)9-10-20-11-13-21(14-12-20)16-7-3-5-15-6-4-8-18-17(15)16/h3,5,7,18H,4,6,8-14H2,1-2H3. The van der Waals surface area contributed by atoms with Gasteiger partial charge < -0.3 is 15.1 Å². The van der Waals surface area contributed by atoms with Crippen LogP contribution in [0.25, 0.3) is 0 Å². The van der Waals surface area contributed by atoms with Gasteiger partial charge in [0.2, 0.25) is 0 Å². The lowest BCUT2D eigenvalue weighted by Crippen LogP contribution is -2.48. The molecule has 116 valence electrons. The van der Waals surface area contributed by atoms with Gasteiger partial charge in [0.15, 0.2) is 0 Å². The van der Waals surface area contributed by atoms with Crippen LogP contribution in [-0.2, 0) is 6.42 Å². The van der Waals surface area contributed by atoms with E-state index in [1.165, 1.54) is 49.4 Å². The Hall–Kier alpha value is -1.26. The van der Waals surface area contributed by atoms with E-state index in [9.17, 15) is 0 Å². The van der Waals surface area contributed by atoms with Crippen molar-refractivity contribution in [1.82, 2.24) is 9.80 Å². The van der Waals surface area contributed by atoms with Gasteiger partial charge in [0, 0.05) is 45.8 Å². The van der Waals surface area contributed by atoms with Gasteiger partial charge in [-0.2, -0.15) is 0 Å². The highest BCUT2D eigenvalue weighted by Crippen LogP contribution is 2.33. The number of piperazine rings is 1. The molecule has 0 radical (unpaired) electrons. The Kier molecular flexibility index (Phi) is 4.66. The molecule has 0 unspecified atom stereocenters. The van der Waals surface area contributed by atoms with Crippen molar-refractivity contribution in [3.63, 3.8) is 0 Å². The predicted molar refractivity (Wildman–Crippen MR) is 90.5 cm³/mol. The Morgan fingerprint density at radius 2 is 1.95 bits per heavy atom. The minimum absolute atomic E-state index is 1.12. The van der Waals surface area contributed by atoms with Gasteiger partial charge in [0.25, 0.3) is 0 Å². The first-order valence-electron chi connectivity index (χ1n) is 8.22. The minimum Gasteiger partial charge on any atom is -0.383 e. The van der Waals surface area contributed by atoms with Crippen molar-refractivity contribution in [2.45, 2.75) is 12.8 Å². The molecule has 4 nitrogen and oxygen atoms in total.